The summed E-state index contributed by atoms with van der Waals surface area (Å²) in [5.41, 5.74) is 8.59. The quantitative estimate of drug-likeness (QED) is 0.816. The first-order valence-corrected chi connectivity index (χ1v) is 7.45. The number of nitrogens with two attached hydrogens (primary N) is 1. The van der Waals surface area contributed by atoms with Crippen LogP contribution < -0.4 is 10.6 Å². The zero-order valence-electron chi connectivity index (χ0n) is 12.1. The number of nitrogens with zero attached hydrogens (tertiary/aromatic N) is 3. The number of thiocarbonyl (C=S) groups is 1. The molecule has 0 aromatic carbocycles. The molecule has 6 heteroatoms. The molecule has 1 aromatic rings. The molecular formula is C14H22N4OS. The third-order valence-corrected chi connectivity index (χ3v) is 4.24. The van der Waals surface area contributed by atoms with Gasteiger partial charge in [0, 0.05) is 19.7 Å². The zero-order chi connectivity index (χ0) is 14.7. The van der Waals surface area contributed by atoms with Gasteiger partial charge in [-0.2, -0.15) is 5.10 Å². The van der Waals surface area contributed by atoms with E-state index in [0.717, 1.165) is 55.0 Å². The highest BCUT2D eigenvalue weighted by atomic mass is 32.1. The predicted octanol–water partition coefficient (Wildman–Crippen LogP) is 1.33. The standard InChI is InChI=1S/C14H22N4OS/c1-9-10(2)16-17-14(12(9)13(15)20)18-6-3-4-11(8-18)5-7-19/h11,19H,3-8H2,1-2H3,(H2,15,20). The number of hydrogen-bond donors (Lipinski definition) is 2. The molecule has 0 bridgehead atoms. The number of rotatable bonds is 4. The molecule has 3 N–H and O–H groups in total. The Hall–Kier alpha value is -1.27. The molecule has 20 heavy (non-hydrogen) atoms. The largest absolute Gasteiger partial charge is 0.396 e. The highest BCUT2D eigenvalue weighted by Crippen LogP contribution is 2.27. The van der Waals surface area contributed by atoms with E-state index >= 15 is 0 Å². The van der Waals surface area contributed by atoms with Crippen molar-refractivity contribution in [3.05, 3.63) is 16.8 Å². The Bertz CT molecular complexity index is 504. The lowest BCUT2D eigenvalue weighted by Crippen LogP contribution is -2.38. The van der Waals surface area contributed by atoms with Crippen LogP contribution >= 0.6 is 12.2 Å². The molecule has 0 amide bonds. The summed E-state index contributed by atoms with van der Waals surface area (Å²) in [6, 6.07) is 0. The topological polar surface area (TPSA) is 75.3 Å². The molecule has 0 radical (unpaired) electrons. The fourth-order valence-electron chi connectivity index (χ4n) is 2.79. The Morgan fingerprint density at radius 3 is 2.85 bits per heavy atom. The predicted molar refractivity (Wildman–Crippen MR) is 84.0 cm³/mol. The second-order valence-corrected chi connectivity index (χ2v) is 5.88. The van der Waals surface area contributed by atoms with Gasteiger partial charge < -0.3 is 15.7 Å². The molecule has 1 aliphatic heterocycles. The van der Waals surface area contributed by atoms with Crippen molar-refractivity contribution < 1.29 is 5.11 Å². The van der Waals surface area contributed by atoms with Crippen LogP contribution in [-0.4, -0.2) is 40.0 Å². The summed E-state index contributed by atoms with van der Waals surface area (Å²) in [5.74, 6) is 1.29. The molecule has 1 aromatic heterocycles. The van der Waals surface area contributed by atoms with Gasteiger partial charge in [-0.1, -0.05) is 12.2 Å². The van der Waals surface area contributed by atoms with Gasteiger partial charge in [0.2, 0.25) is 0 Å². The molecule has 5 nitrogen and oxygen atoms in total. The van der Waals surface area contributed by atoms with E-state index in [1.807, 2.05) is 13.8 Å². The van der Waals surface area contributed by atoms with Crippen LogP contribution in [0.2, 0.25) is 0 Å². The SMILES string of the molecule is Cc1nnc(N2CCCC(CCO)C2)c(C(N)=S)c1C. The highest BCUT2D eigenvalue weighted by molar-refractivity contribution is 7.80. The van der Waals surface area contributed by atoms with Crippen molar-refractivity contribution >= 4 is 23.0 Å². The van der Waals surface area contributed by atoms with Crippen molar-refractivity contribution in [2.45, 2.75) is 33.1 Å². The number of aliphatic hydroxyl groups is 1. The van der Waals surface area contributed by atoms with Gasteiger partial charge in [0.1, 0.15) is 4.99 Å². The van der Waals surface area contributed by atoms with Crippen molar-refractivity contribution in [1.82, 2.24) is 10.2 Å². The summed E-state index contributed by atoms with van der Waals surface area (Å²) in [6.07, 6.45) is 3.07. The van der Waals surface area contributed by atoms with Crippen LogP contribution in [0.25, 0.3) is 0 Å². The van der Waals surface area contributed by atoms with E-state index in [1.54, 1.807) is 0 Å². The number of hydrogen-bond acceptors (Lipinski definition) is 5. The first kappa shape index (κ1) is 15.1. The summed E-state index contributed by atoms with van der Waals surface area (Å²) >= 11 is 5.19. The molecule has 1 fully saturated rings. The van der Waals surface area contributed by atoms with E-state index in [-0.39, 0.29) is 6.61 Å². The second kappa shape index (κ2) is 6.45. The number of aromatic nitrogens is 2. The van der Waals surface area contributed by atoms with Gasteiger partial charge >= 0.3 is 0 Å². The van der Waals surface area contributed by atoms with Gasteiger partial charge in [0.15, 0.2) is 5.82 Å². The normalized spacial score (nSPS) is 19.1. The Labute approximate surface area is 125 Å². The Morgan fingerprint density at radius 1 is 1.45 bits per heavy atom. The van der Waals surface area contributed by atoms with Gasteiger partial charge in [0.05, 0.1) is 11.3 Å². The molecular weight excluding hydrogens is 272 g/mol. The molecule has 2 heterocycles. The van der Waals surface area contributed by atoms with Gasteiger partial charge in [-0.05, 0) is 44.6 Å². The second-order valence-electron chi connectivity index (χ2n) is 5.44. The first-order chi connectivity index (χ1) is 9.54. The third-order valence-electron chi connectivity index (χ3n) is 4.04. The molecule has 1 aliphatic rings. The molecule has 1 atom stereocenters. The summed E-state index contributed by atoms with van der Waals surface area (Å²) in [4.78, 5) is 2.58. The molecule has 1 unspecified atom stereocenters. The van der Waals surface area contributed by atoms with Crippen molar-refractivity contribution in [3.63, 3.8) is 0 Å². The summed E-state index contributed by atoms with van der Waals surface area (Å²) in [6.45, 7) is 5.96. The van der Waals surface area contributed by atoms with Crippen LogP contribution in [0.4, 0.5) is 5.82 Å². The number of anilines is 1. The summed E-state index contributed by atoms with van der Waals surface area (Å²) < 4.78 is 0. The molecule has 2 rings (SSSR count). The molecule has 110 valence electrons. The van der Waals surface area contributed by atoms with Gasteiger partial charge in [-0.3, -0.25) is 0 Å². The minimum atomic E-state index is 0.235. The fourth-order valence-corrected chi connectivity index (χ4v) is 3.03. The maximum absolute atomic E-state index is 9.11. The molecule has 1 saturated heterocycles. The maximum Gasteiger partial charge on any atom is 0.161 e. The van der Waals surface area contributed by atoms with Crippen molar-refractivity contribution in [2.24, 2.45) is 11.7 Å². The first-order valence-electron chi connectivity index (χ1n) is 7.04. The van der Waals surface area contributed by atoms with E-state index in [1.165, 1.54) is 0 Å². The fraction of sp³-hybridized carbons (Fsp3) is 0.643. The van der Waals surface area contributed by atoms with Crippen LogP contribution in [0.5, 0.6) is 0 Å². The van der Waals surface area contributed by atoms with E-state index in [4.69, 9.17) is 23.1 Å². The Balaban J connectivity index is 2.32. The number of piperidine rings is 1. The molecule has 0 aliphatic carbocycles. The van der Waals surface area contributed by atoms with E-state index in [9.17, 15) is 0 Å². The van der Waals surface area contributed by atoms with Gasteiger partial charge in [-0.25, -0.2) is 0 Å². The Kier molecular flexibility index (Phi) is 4.88. The lowest BCUT2D eigenvalue weighted by atomic mass is 9.94. The Morgan fingerprint density at radius 2 is 2.20 bits per heavy atom. The summed E-state index contributed by atoms with van der Waals surface area (Å²) in [5, 5.41) is 17.6. The lowest BCUT2D eigenvalue weighted by Gasteiger charge is -2.34. The molecule has 0 saturated carbocycles. The third kappa shape index (κ3) is 3.07. The highest BCUT2D eigenvalue weighted by Gasteiger charge is 2.25. The van der Waals surface area contributed by atoms with Crippen LogP contribution in [0, 0.1) is 19.8 Å². The monoisotopic (exact) mass is 294 g/mol. The van der Waals surface area contributed by atoms with Crippen LogP contribution in [0.1, 0.15) is 36.1 Å². The number of aryl methyl sites for hydroxylation is 1. The maximum atomic E-state index is 9.11. The molecule has 0 spiro atoms. The average Bonchev–Trinajstić information content (AvgIpc) is 2.42. The van der Waals surface area contributed by atoms with E-state index < -0.39 is 0 Å². The van der Waals surface area contributed by atoms with E-state index in [0.29, 0.717) is 10.9 Å². The minimum absolute atomic E-state index is 0.235. The van der Waals surface area contributed by atoms with Crippen molar-refractivity contribution in [2.75, 3.05) is 24.6 Å². The lowest BCUT2D eigenvalue weighted by molar-refractivity contribution is 0.244. The van der Waals surface area contributed by atoms with Crippen molar-refractivity contribution in [1.29, 1.82) is 0 Å². The van der Waals surface area contributed by atoms with E-state index in [2.05, 4.69) is 15.1 Å². The smallest absolute Gasteiger partial charge is 0.161 e. The average molecular weight is 294 g/mol. The number of aliphatic hydroxyl groups excluding tert-OH is 1. The van der Waals surface area contributed by atoms with Gasteiger partial charge in [0.25, 0.3) is 0 Å². The zero-order valence-corrected chi connectivity index (χ0v) is 12.9. The van der Waals surface area contributed by atoms with Crippen LogP contribution in [0.3, 0.4) is 0 Å². The van der Waals surface area contributed by atoms with Gasteiger partial charge in [-0.15, -0.1) is 5.10 Å². The summed E-state index contributed by atoms with van der Waals surface area (Å²) in [7, 11) is 0. The van der Waals surface area contributed by atoms with Crippen LogP contribution in [0.15, 0.2) is 0 Å². The van der Waals surface area contributed by atoms with Crippen LogP contribution in [-0.2, 0) is 0 Å². The van der Waals surface area contributed by atoms with Crippen molar-refractivity contribution in [3.8, 4) is 0 Å². The minimum Gasteiger partial charge on any atom is -0.396 e.